The van der Waals surface area contributed by atoms with Crippen LogP contribution in [0.2, 0.25) is 5.02 Å². The van der Waals surface area contributed by atoms with E-state index in [2.05, 4.69) is 10.2 Å². The third-order valence-corrected chi connectivity index (χ3v) is 6.13. The molecule has 0 fully saturated rings. The summed E-state index contributed by atoms with van der Waals surface area (Å²) < 4.78 is 26.0. The molecule has 2 aromatic carbocycles. The summed E-state index contributed by atoms with van der Waals surface area (Å²) in [6, 6.07) is 14.1. The topological polar surface area (TPSA) is 69.7 Å². The first kappa shape index (κ1) is 23.0. The Labute approximate surface area is 178 Å². The van der Waals surface area contributed by atoms with Gasteiger partial charge in [0.05, 0.1) is 11.9 Å². The zero-order chi connectivity index (χ0) is 21.6. The average Bonchev–Trinajstić information content (AvgIpc) is 2.67. The van der Waals surface area contributed by atoms with Gasteiger partial charge in [-0.2, -0.15) is 0 Å². The number of carbonyl (C=O) groups excluding carboxylic acids is 1. The minimum Gasteiger partial charge on any atom is -0.375 e. The molecule has 0 bridgehead atoms. The predicted octanol–water partition coefficient (Wildman–Crippen LogP) is 3.45. The molecule has 0 aliphatic rings. The smallest absolute Gasteiger partial charge is 0.243 e. The molecular formula is C21H28ClN3O3S. The Hall–Kier alpha value is -2.25. The summed E-state index contributed by atoms with van der Waals surface area (Å²) in [5, 5.41) is 3.25. The Balaban J connectivity index is 2.00. The Bertz CT molecular complexity index is 935. The number of sulfonamides is 1. The summed E-state index contributed by atoms with van der Waals surface area (Å²) in [6.45, 7) is 4.58. The van der Waals surface area contributed by atoms with Crippen LogP contribution in [0.25, 0.3) is 0 Å². The van der Waals surface area contributed by atoms with Crippen LogP contribution < -0.4 is 14.5 Å². The van der Waals surface area contributed by atoms with Crippen LogP contribution in [0.1, 0.15) is 18.9 Å². The monoisotopic (exact) mass is 437 g/mol. The second-order valence-corrected chi connectivity index (χ2v) is 9.36. The average molecular weight is 438 g/mol. The first-order valence-corrected chi connectivity index (χ1v) is 11.6. The maximum Gasteiger partial charge on any atom is 0.243 e. The summed E-state index contributed by atoms with van der Waals surface area (Å²) in [5.41, 5.74) is 2.24. The number of carbonyl (C=O) groups is 1. The number of nitrogens with one attached hydrogen (secondary N) is 1. The Morgan fingerprint density at radius 2 is 1.83 bits per heavy atom. The first-order chi connectivity index (χ1) is 13.6. The molecule has 2 aromatic rings. The van der Waals surface area contributed by atoms with E-state index in [1.807, 2.05) is 37.4 Å². The van der Waals surface area contributed by atoms with Crippen LogP contribution in [-0.2, 0) is 14.8 Å². The largest absolute Gasteiger partial charge is 0.375 e. The zero-order valence-corrected chi connectivity index (χ0v) is 18.8. The second-order valence-electron chi connectivity index (χ2n) is 7.07. The van der Waals surface area contributed by atoms with Crippen molar-refractivity contribution >= 4 is 38.9 Å². The van der Waals surface area contributed by atoms with Crippen molar-refractivity contribution in [3.63, 3.8) is 0 Å². The minimum absolute atomic E-state index is 0.350. The van der Waals surface area contributed by atoms with Crippen LogP contribution in [0, 0.1) is 6.92 Å². The van der Waals surface area contributed by atoms with Gasteiger partial charge in [0.1, 0.15) is 6.04 Å². The van der Waals surface area contributed by atoms with E-state index in [1.165, 1.54) is 0 Å². The highest BCUT2D eigenvalue weighted by molar-refractivity contribution is 7.92. The normalized spacial score (nSPS) is 12.3. The Morgan fingerprint density at radius 1 is 1.17 bits per heavy atom. The summed E-state index contributed by atoms with van der Waals surface area (Å²) in [4.78, 5) is 14.8. The lowest BCUT2D eigenvalue weighted by Gasteiger charge is -2.29. The van der Waals surface area contributed by atoms with Crippen LogP contribution in [-0.4, -0.2) is 46.8 Å². The molecule has 158 valence electrons. The first-order valence-electron chi connectivity index (χ1n) is 9.40. The molecule has 0 saturated heterocycles. The van der Waals surface area contributed by atoms with Gasteiger partial charge in [0.2, 0.25) is 15.9 Å². The molecule has 0 aliphatic carbocycles. The fraction of sp³-hybridized carbons (Fsp3) is 0.381. The third kappa shape index (κ3) is 6.37. The van der Waals surface area contributed by atoms with E-state index in [4.69, 9.17) is 11.6 Å². The van der Waals surface area contributed by atoms with Crippen LogP contribution in [0.15, 0.2) is 48.5 Å². The van der Waals surface area contributed by atoms with E-state index >= 15 is 0 Å². The number of para-hydroxylation sites is 1. The number of nitrogens with zero attached hydrogens (tertiary/aromatic N) is 2. The standard InChI is InChI=1S/C21H28ClN3O3S/c1-16-11-12-18(22)15-20(16)25(29(4,27)28)17(2)21(26)23-13-8-14-24(3)19-9-6-5-7-10-19/h5-7,9-12,15,17H,8,13-14H2,1-4H3,(H,23,26)/t17-/m1/s1. The fourth-order valence-corrected chi connectivity index (χ4v) is 4.48. The molecule has 6 nitrogen and oxygen atoms in total. The number of hydrogen-bond acceptors (Lipinski definition) is 4. The van der Waals surface area contributed by atoms with Gasteiger partial charge in [-0.15, -0.1) is 0 Å². The number of amides is 1. The highest BCUT2D eigenvalue weighted by Gasteiger charge is 2.30. The molecule has 1 N–H and O–H groups in total. The number of rotatable bonds is 9. The van der Waals surface area contributed by atoms with E-state index in [0.717, 1.165) is 34.8 Å². The number of aryl methyl sites for hydroxylation is 1. The number of anilines is 2. The van der Waals surface area contributed by atoms with Gasteiger partial charge in [-0.3, -0.25) is 9.10 Å². The molecule has 0 heterocycles. The van der Waals surface area contributed by atoms with E-state index in [-0.39, 0.29) is 5.91 Å². The molecule has 0 unspecified atom stereocenters. The van der Waals surface area contributed by atoms with Crippen molar-refractivity contribution in [2.45, 2.75) is 26.3 Å². The molecule has 1 atom stereocenters. The SMILES string of the molecule is Cc1ccc(Cl)cc1N([C@H](C)C(=O)NCCCN(C)c1ccccc1)S(C)(=O)=O. The van der Waals surface area contributed by atoms with Crippen LogP contribution in [0.4, 0.5) is 11.4 Å². The Kier molecular flexibility index (Phi) is 7.93. The van der Waals surface area contributed by atoms with Gasteiger partial charge >= 0.3 is 0 Å². The lowest BCUT2D eigenvalue weighted by atomic mass is 10.1. The van der Waals surface area contributed by atoms with Gasteiger partial charge < -0.3 is 10.2 Å². The molecule has 0 spiro atoms. The third-order valence-electron chi connectivity index (χ3n) is 4.66. The van der Waals surface area contributed by atoms with Gasteiger partial charge in [-0.25, -0.2) is 8.42 Å². The van der Waals surface area contributed by atoms with Crippen LogP contribution >= 0.6 is 11.6 Å². The van der Waals surface area contributed by atoms with E-state index < -0.39 is 16.1 Å². The number of benzene rings is 2. The fourth-order valence-electron chi connectivity index (χ4n) is 3.09. The van der Waals surface area contributed by atoms with Gasteiger partial charge in [0.15, 0.2) is 0 Å². The number of halogens is 1. The van der Waals surface area contributed by atoms with Crippen molar-refractivity contribution in [2.75, 3.05) is 35.6 Å². The summed E-state index contributed by atoms with van der Waals surface area (Å²) in [5.74, 6) is -0.350. The summed E-state index contributed by atoms with van der Waals surface area (Å²) in [7, 11) is -1.68. The summed E-state index contributed by atoms with van der Waals surface area (Å²) >= 11 is 6.05. The molecule has 29 heavy (non-hydrogen) atoms. The second kappa shape index (κ2) is 9.98. The van der Waals surface area contributed by atoms with Gasteiger partial charge in [0.25, 0.3) is 0 Å². The molecular weight excluding hydrogens is 410 g/mol. The predicted molar refractivity (Wildman–Crippen MR) is 120 cm³/mol. The molecule has 2 rings (SSSR count). The van der Waals surface area contributed by atoms with E-state index in [0.29, 0.717) is 17.3 Å². The van der Waals surface area contributed by atoms with Crippen molar-refractivity contribution in [1.29, 1.82) is 0 Å². The van der Waals surface area contributed by atoms with Crippen molar-refractivity contribution in [3.8, 4) is 0 Å². The van der Waals surface area contributed by atoms with Gasteiger partial charge in [-0.1, -0.05) is 35.9 Å². The maximum atomic E-state index is 12.7. The van der Waals surface area contributed by atoms with Crippen LogP contribution in [0.3, 0.4) is 0 Å². The van der Waals surface area contributed by atoms with Gasteiger partial charge in [0, 0.05) is 30.8 Å². The molecule has 0 radical (unpaired) electrons. The molecule has 0 aromatic heterocycles. The van der Waals surface area contributed by atoms with Crippen molar-refractivity contribution in [1.82, 2.24) is 5.32 Å². The summed E-state index contributed by atoms with van der Waals surface area (Å²) in [6.07, 6.45) is 1.82. The van der Waals surface area contributed by atoms with Gasteiger partial charge in [-0.05, 0) is 50.1 Å². The lowest BCUT2D eigenvalue weighted by Crippen LogP contribution is -2.48. The molecule has 0 saturated carbocycles. The molecule has 0 aliphatic heterocycles. The minimum atomic E-state index is -3.68. The number of hydrogen-bond donors (Lipinski definition) is 1. The highest BCUT2D eigenvalue weighted by Crippen LogP contribution is 2.28. The highest BCUT2D eigenvalue weighted by atomic mass is 35.5. The molecule has 8 heteroatoms. The lowest BCUT2D eigenvalue weighted by molar-refractivity contribution is -0.121. The van der Waals surface area contributed by atoms with Crippen molar-refractivity contribution in [3.05, 3.63) is 59.1 Å². The molecule has 1 amide bonds. The van der Waals surface area contributed by atoms with E-state index in [9.17, 15) is 13.2 Å². The van der Waals surface area contributed by atoms with Crippen molar-refractivity contribution in [2.24, 2.45) is 0 Å². The van der Waals surface area contributed by atoms with E-state index in [1.54, 1.807) is 32.0 Å². The maximum absolute atomic E-state index is 12.7. The zero-order valence-electron chi connectivity index (χ0n) is 17.2. The quantitative estimate of drug-likeness (QED) is 0.610. The Morgan fingerprint density at radius 3 is 2.45 bits per heavy atom. The van der Waals surface area contributed by atoms with Crippen molar-refractivity contribution < 1.29 is 13.2 Å². The van der Waals surface area contributed by atoms with Crippen LogP contribution in [0.5, 0.6) is 0 Å².